The van der Waals surface area contributed by atoms with E-state index in [9.17, 15) is 0 Å². The third-order valence-corrected chi connectivity index (χ3v) is 4.80. The van der Waals surface area contributed by atoms with Crippen molar-refractivity contribution in [3.05, 3.63) is 66.7 Å². The summed E-state index contributed by atoms with van der Waals surface area (Å²) in [7, 11) is 3.71. The molecule has 3 aromatic rings. The first-order chi connectivity index (χ1) is 14.2. The quantitative estimate of drug-likeness (QED) is 0.462. The van der Waals surface area contributed by atoms with Gasteiger partial charge in [-0.3, -0.25) is 0 Å². The monoisotopic (exact) mass is 404 g/mol. The van der Waals surface area contributed by atoms with Gasteiger partial charge in [-0.2, -0.15) is 0 Å². The number of rotatable bonds is 9. The first-order valence-corrected chi connectivity index (χ1v) is 10.4. The van der Waals surface area contributed by atoms with Crippen LogP contribution in [0.4, 0.5) is 17.1 Å². The minimum Gasteiger partial charge on any atom is -0.494 e. The molecule has 149 valence electrons. The summed E-state index contributed by atoms with van der Waals surface area (Å²) in [4.78, 5) is 2.15. The van der Waals surface area contributed by atoms with E-state index in [1.165, 1.54) is 0 Å². The van der Waals surface area contributed by atoms with Crippen molar-refractivity contribution in [1.29, 1.82) is 0 Å². The van der Waals surface area contributed by atoms with E-state index < -0.39 is 0 Å². The zero-order chi connectivity index (χ0) is 20.6. The van der Waals surface area contributed by atoms with E-state index in [0.717, 1.165) is 22.2 Å². The molecule has 0 fully saturated rings. The Labute approximate surface area is 176 Å². The van der Waals surface area contributed by atoms with Crippen LogP contribution in [-0.4, -0.2) is 30.1 Å². The highest BCUT2D eigenvalue weighted by Gasteiger charge is 2.24. The standard InChI is InChI=1S/C24H26NO3Si/c1-4-26-21-17-20(22(27-5-2)23(24(21)29)28-6-3)25(18-13-9-7-10-14-18)19-15-11-8-12-16-19/h7-17H,4-6H2,1-3H3. The van der Waals surface area contributed by atoms with Crippen LogP contribution < -0.4 is 24.3 Å². The van der Waals surface area contributed by atoms with Gasteiger partial charge in [-0.25, -0.2) is 0 Å². The summed E-state index contributed by atoms with van der Waals surface area (Å²) < 4.78 is 18.0. The van der Waals surface area contributed by atoms with E-state index in [1.54, 1.807) is 0 Å². The first kappa shape index (κ1) is 20.8. The smallest absolute Gasteiger partial charge is 0.185 e. The van der Waals surface area contributed by atoms with Crippen molar-refractivity contribution in [3.63, 3.8) is 0 Å². The Hall–Kier alpha value is -2.92. The SMILES string of the molecule is CCOc1cc(N(c2ccccc2)c2ccccc2)c(OCC)c(OCC)c1[Si]. The third-order valence-electron chi connectivity index (χ3n) is 4.33. The molecule has 0 bridgehead atoms. The van der Waals surface area contributed by atoms with E-state index in [0.29, 0.717) is 37.1 Å². The Kier molecular flexibility index (Phi) is 7.19. The average Bonchev–Trinajstić information content (AvgIpc) is 2.75. The van der Waals surface area contributed by atoms with Crippen LogP contribution in [0, 0.1) is 0 Å². The van der Waals surface area contributed by atoms with Gasteiger partial charge in [0, 0.05) is 22.6 Å². The molecule has 0 aromatic heterocycles. The van der Waals surface area contributed by atoms with Crippen LogP contribution in [0.2, 0.25) is 0 Å². The summed E-state index contributed by atoms with van der Waals surface area (Å²) in [5, 5.41) is 0.752. The molecular weight excluding hydrogens is 378 g/mol. The number of benzene rings is 3. The topological polar surface area (TPSA) is 30.9 Å². The van der Waals surface area contributed by atoms with Gasteiger partial charge in [0.15, 0.2) is 11.5 Å². The number of ether oxygens (including phenoxy) is 3. The van der Waals surface area contributed by atoms with Gasteiger partial charge in [0.05, 0.1) is 35.8 Å². The van der Waals surface area contributed by atoms with Crippen LogP contribution in [0.5, 0.6) is 17.2 Å². The molecule has 0 saturated carbocycles. The lowest BCUT2D eigenvalue weighted by atomic mass is 10.1. The number of para-hydroxylation sites is 2. The van der Waals surface area contributed by atoms with Gasteiger partial charge in [-0.15, -0.1) is 0 Å². The highest BCUT2D eigenvalue weighted by Crippen LogP contribution is 2.46. The normalized spacial score (nSPS) is 10.5. The molecule has 3 aromatic carbocycles. The summed E-state index contributed by atoms with van der Waals surface area (Å²) in [5.41, 5.74) is 2.90. The van der Waals surface area contributed by atoms with Crippen molar-refractivity contribution in [2.24, 2.45) is 0 Å². The largest absolute Gasteiger partial charge is 0.494 e. The molecule has 0 saturated heterocycles. The lowest BCUT2D eigenvalue weighted by molar-refractivity contribution is 0.287. The Morgan fingerprint density at radius 1 is 0.690 bits per heavy atom. The van der Waals surface area contributed by atoms with Crippen molar-refractivity contribution in [2.75, 3.05) is 24.7 Å². The maximum atomic E-state index is 6.11. The van der Waals surface area contributed by atoms with Gasteiger partial charge in [0.1, 0.15) is 5.75 Å². The molecule has 0 N–H and O–H groups in total. The van der Waals surface area contributed by atoms with Crippen molar-refractivity contribution >= 4 is 32.5 Å². The van der Waals surface area contributed by atoms with E-state index >= 15 is 0 Å². The molecule has 0 aliphatic heterocycles. The van der Waals surface area contributed by atoms with Crippen molar-refractivity contribution in [1.82, 2.24) is 0 Å². The lowest BCUT2D eigenvalue weighted by Gasteiger charge is -2.29. The number of hydrogen-bond acceptors (Lipinski definition) is 4. The summed E-state index contributed by atoms with van der Waals surface area (Å²) >= 11 is 0. The van der Waals surface area contributed by atoms with E-state index in [4.69, 9.17) is 14.2 Å². The van der Waals surface area contributed by atoms with Gasteiger partial charge in [0.2, 0.25) is 0 Å². The number of anilines is 3. The van der Waals surface area contributed by atoms with Crippen LogP contribution >= 0.6 is 0 Å². The second kappa shape index (κ2) is 10.0. The predicted octanol–water partition coefficient (Wildman–Crippen LogP) is 5.15. The average molecular weight is 405 g/mol. The van der Waals surface area contributed by atoms with Crippen LogP contribution in [-0.2, 0) is 0 Å². The molecule has 29 heavy (non-hydrogen) atoms. The van der Waals surface area contributed by atoms with Gasteiger partial charge in [-0.05, 0) is 45.0 Å². The Morgan fingerprint density at radius 2 is 1.17 bits per heavy atom. The van der Waals surface area contributed by atoms with E-state index in [1.807, 2.05) is 63.2 Å². The zero-order valence-electron chi connectivity index (χ0n) is 17.1. The number of nitrogens with zero attached hydrogens (tertiary/aromatic N) is 1. The molecule has 0 aliphatic rings. The van der Waals surface area contributed by atoms with E-state index in [-0.39, 0.29) is 0 Å². The number of hydrogen-bond donors (Lipinski definition) is 0. The molecule has 0 unspecified atom stereocenters. The first-order valence-electron chi connectivity index (χ1n) is 9.92. The zero-order valence-corrected chi connectivity index (χ0v) is 18.1. The summed E-state index contributed by atoms with van der Waals surface area (Å²) in [6.45, 7) is 7.48. The van der Waals surface area contributed by atoms with Gasteiger partial charge >= 0.3 is 0 Å². The highest BCUT2D eigenvalue weighted by molar-refractivity contribution is 6.37. The van der Waals surface area contributed by atoms with Crippen LogP contribution in [0.25, 0.3) is 0 Å². The molecule has 5 heteroatoms. The van der Waals surface area contributed by atoms with Crippen molar-refractivity contribution in [3.8, 4) is 17.2 Å². The van der Waals surface area contributed by atoms with Gasteiger partial charge in [-0.1, -0.05) is 36.4 Å². The Bertz CT molecular complexity index is 877. The van der Waals surface area contributed by atoms with Crippen molar-refractivity contribution < 1.29 is 14.2 Å². The molecule has 3 rings (SSSR count). The van der Waals surface area contributed by atoms with Crippen molar-refractivity contribution in [2.45, 2.75) is 20.8 Å². The van der Waals surface area contributed by atoms with Crippen LogP contribution in [0.3, 0.4) is 0 Å². The Morgan fingerprint density at radius 3 is 1.66 bits per heavy atom. The second-order valence-corrected chi connectivity index (χ2v) is 6.73. The maximum Gasteiger partial charge on any atom is 0.185 e. The molecule has 4 nitrogen and oxygen atoms in total. The molecule has 0 heterocycles. The Balaban J connectivity index is 2.31. The molecule has 0 amide bonds. The highest BCUT2D eigenvalue weighted by atomic mass is 28.1. The van der Waals surface area contributed by atoms with Crippen LogP contribution in [0.15, 0.2) is 66.7 Å². The molecule has 0 aliphatic carbocycles. The molecule has 0 atom stereocenters. The molecule has 3 radical (unpaired) electrons. The fraction of sp³-hybridized carbons (Fsp3) is 0.250. The lowest BCUT2D eigenvalue weighted by Crippen LogP contribution is -2.19. The third kappa shape index (κ3) is 4.57. The fourth-order valence-electron chi connectivity index (χ4n) is 3.19. The summed E-state index contributed by atoms with van der Waals surface area (Å²) in [5.74, 6) is 2.03. The summed E-state index contributed by atoms with van der Waals surface area (Å²) in [6, 6.07) is 22.4. The van der Waals surface area contributed by atoms with Gasteiger partial charge < -0.3 is 19.1 Å². The molecular formula is C24H26NO3Si. The van der Waals surface area contributed by atoms with Crippen LogP contribution in [0.1, 0.15) is 20.8 Å². The van der Waals surface area contributed by atoms with Gasteiger partial charge in [0.25, 0.3) is 0 Å². The minimum absolute atomic E-state index is 0.517. The fourth-order valence-corrected chi connectivity index (χ4v) is 3.52. The predicted molar refractivity (Wildman–Crippen MR) is 120 cm³/mol. The maximum absolute atomic E-state index is 6.11. The van der Waals surface area contributed by atoms with E-state index in [2.05, 4.69) is 39.4 Å². The minimum atomic E-state index is 0.517. The molecule has 0 spiro atoms. The summed E-state index contributed by atoms with van der Waals surface area (Å²) in [6.07, 6.45) is 0. The second-order valence-electron chi connectivity index (χ2n) is 6.23.